The Morgan fingerprint density at radius 1 is 0.938 bits per heavy atom. The minimum atomic E-state index is -0.473. The molecule has 4 heteroatoms. The van der Waals surface area contributed by atoms with Crippen LogP contribution in [0.3, 0.4) is 0 Å². The van der Waals surface area contributed by atoms with Crippen molar-refractivity contribution in [3.63, 3.8) is 0 Å². The van der Waals surface area contributed by atoms with Crippen LogP contribution in [0.1, 0.15) is 74.2 Å². The molecule has 0 heterocycles. The average molecular weight is 433 g/mol. The van der Waals surface area contributed by atoms with Crippen LogP contribution in [0.4, 0.5) is 0 Å². The highest BCUT2D eigenvalue weighted by Crippen LogP contribution is 2.66. The van der Waals surface area contributed by atoms with E-state index in [1.165, 1.54) is 19.3 Å². The number of esters is 1. The second-order valence-corrected chi connectivity index (χ2v) is 11.3. The van der Waals surface area contributed by atoms with E-state index in [4.69, 9.17) is 4.74 Å². The van der Waals surface area contributed by atoms with E-state index in [0.29, 0.717) is 23.0 Å². The third kappa shape index (κ3) is 2.84. The van der Waals surface area contributed by atoms with Gasteiger partial charge in [0.1, 0.15) is 17.2 Å². The van der Waals surface area contributed by atoms with Crippen molar-refractivity contribution in [1.82, 2.24) is 0 Å². The quantitative estimate of drug-likeness (QED) is 0.376. The van der Waals surface area contributed by atoms with E-state index in [-0.39, 0.29) is 47.4 Å². The molecule has 4 saturated carbocycles. The van der Waals surface area contributed by atoms with E-state index in [0.717, 1.165) is 24.8 Å². The lowest BCUT2D eigenvalue weighted by Gasteiger charge is -2.36. The number of fused-ring (bicyclic) bond motifs is 9. The van der Waals surface area contributed by atoms with Crippen LogP contribution in [0, 0.1) is 41.4 Å². The Kier molecular flexibility index (Phi) is 4.54. The van der Waals surface area contributed by atoms with E-state index in [1.807, 2.05) is 50.3 Å². The summed E-state index contributed by atoms with van der Waals surface area (Å²) in [4.78, 5) is 38.8. The molecule has 7 atom stereocenters. The van der Waals surface area contributed by atoms with Crippen molar-refractivity contribution in [3.05, 3.63) is 47.5 Å². The Labute approximate surface area is 189 Å². The standard InChI is InChI=1S/C28H32O4/c1-28(2,17-9-4-3-5-10-17)32-27(31)16-8-6-7-15(13-16)20-14-21-22-18-11-12-19(25(18)29)23(22)24(20)26(21)30/h6-8,11-13,17-24H,3-5,9-10,14H2,1-2H3. The number of ether oxygens (including phenoxy) is 1. The van der Waals surface area contributed by atoms with Crippen molar-refractivity contribution in [3.8, 4) is 0 Å². The fourth-order valence-electron chi connectivity index (χ4n) is 7.95. The van der Waals surface area contributed by atoms with E-state index in [1.54, 1.807) is 0 Å². The SMILES string of the molecule is CC(C)(OC(=O)c1cccc(C2CC3C(=O)C2C2C4C=CC(C4=O)C32)c1)C1CCCCC1. The number of Topliss-reactive ketones (excluding diaryl/α,β-unsaturated/α-hetero) is 2. The van der Waals surface area contributed by atoms with Gasteiger partial charge in [-0.15, -0.1) is 0 Å². The lowest BCUT2D eigenvalue weighted by atomic mass is 9.68. The smallest absolute Gasteiger partial charge is 0.338 e. The number of carbonyl (C=O) groups excluding carboxylic acids is 3. The third-order valence-electron chi connectivity index (χ3n) is 9.47. The van der Waals surface area contributed by atoms with Gasteiger partial charge in [-0.3, -0.25) is 9.59 Å². The lowest BCUT2D eigenvalue weighted by Crippen LogP contribution is -2.38. The van der Waals surface area contributed by atoms with Crippen molar-refractivity contribution < 1.29 is 19.1 Å². The normalized spacial score (nSPS) is 37.9. The highest BCUT2D eigenvalue weighted by atomic mass is 16.6. The second kappa shape index (κ2) is 7.13. The number of rotatable bonds is 4. The molecule has 32 heavy (non-hydrogen) atoms. The number of hydrogen-bond donors (Lipinski definition) is 0. The summed E-state index contributed by atoms with van der Waals surface area (Å²) in [5, 5.41) is 0. The number of ketones is 2. The first kappa shape index (κ1) is 20.4. The molecule has 4 fully saturated rings. The summed E-state index contributed by atoms with van der Waals surface area (Å²) in [7, 11) is 0. The molecule has 5 aliphatic carbocycles. The average Bonchev–Trinajstić information content (AvgIpc) is 3.50. The van der Waals surface area contributed by atoms with Crippen LogP contribution in [0.25, 0.3) is 0 Å². The summed E-state index contributed by atoms with van der Waals surface area (Å²) in [5.74, 6) is 1.11. The van der Waals surface area contributed by atoms with Gasteiger partial charge in [0.2, 0.25) is 0 Å². The van der Waals surface area contributed by atoms with E-state index in [9.17, 15) is 14.4 Å². The topological polar surface area (TPSA) is 60.4 Å². The number of hydrogen-bond acceptors (Lipinski definition) is 4. The maximum atomic E-state index is 13.1. The van der Waals surface area contributed by atoms with Crippen LogP contribution >= 0.6 is 0 Å². The van der Waals surface area contributed by atoms with Crippen LogP contribution in [0.5, 0.6) is 0 Å². The van der Waals surface area contributed by atoms with Gasteiger partial charge in [0.25, 0.3) is 0 Å². The summed E-state index contributed by atoms with van der Waals surface area (Å²) in [6.45, 7) is 4.08. The van der Waals surface area contributed by atoms with Gasteiger partial charge >= 0.3 is 5.97 Å². The first-order valence-corrected chi connectivity index (χ1v) is 12.5. The van der Waals surface area contributed by atoms with Crippen molar-refractivity contribution in [2.24, 2.45) is 41.4 Å². The van der Waals surface area contributed by atoms with Gasteiger partial charge in [0.05, 0.1) is 5.56 Å². The van der Waals surface area contributed by atoms with Gasteiger partial charge < -0.3 is 4.74 Å². The molecule has 1 aromatic carbocycles. The van der Waals surface area contributed by atoms with Crippen LogP contribution in [0.15, 0.2) is 36.4 Å². The first-order chi connectivity index (χ1) is 15.4. The van der Waals surface area contributed by atoms with Crippen molar-refractivity contribution >= 4 is 17.5 Å². The molecular weight excluding hydrogens is 400 g/mol. The molecule has 5 aliphatic rings. The molecule has 4 bridgehead atoms. The summed E-state index contributed by atoms with van der Waals surface area (Å²) < 4.78 is 6.03. The summed E-state index contributed by atoms with van der Waals surface area (Å²) in [6.07, 6.45) is 10.8. The number of carbonyl (C=O) groups is 3. The number of benzene rings is 1. The Morgan fingerprint density at radius 3 is 2.41 bits per heavy atom. The van der Waals surface area contributed by atoms with Gasteiger partial charge in [-0.05, 0) is 74.5 Å². The monoisotopic (exact) mass is 432 g/mol. The molecule has 0 aromatic heterocycles. The van der Waals surface area contributed by atoms with Crippen molar-refractivity contribution in [2.75, 3.05) is 0 Å². The molecule has 0 N–H and O–H groups in total. The van der Waals surface area contributed by atoms with Gasteiger partial charge in [0.15, 0.2) is 0 Å². The summed E-state index contributed by atoms with van der Waals surface area (Å²) in [6, 6.07) is 7.73. The Bertz CT molecular complexity index is 1010. The zero-order valence-corrected chi connectivity index (χ0v) is 19.0. The zero-order valence-electron chi connectivity index (χ0n) is 19.0. The van der Waals surface area contributed by atoms with Gasteiger partial charge in [-0.1, -0.05) is 43.5 Å². The molecule has 7 unspecified atom stereocenters. The fraction of sp³-hybridized carbons (Fsp3) is 0.607. The Morgan fingerprint density at radius 2 is 1.66 bits per heavy atom. The lowest BCUT2D eigenvalue weighted by molar-refractivity contribution is -0.125. The molecular formula is C28H32O4. The van der Waals surface area contributed by atoms with Gasteiger partial charge in [0, 0.05) is 23.7 Å². The van der Waals surface area contributed by atoms with Crippen molar-refractivity contribution in [2.45, 2.75) is 63.9 Å². The maximum Gasteiger partial charge on any atom is 0.338 e. The van der Waals surface area contributed by atoms with Gasteiger partial charge in [-0.2, -0.15) is 0 Å². The maximum absolute atomic E-state index is 13.1. The Hall–Kier alpha value is -2.23. The zero-order chi connectivity index (χ0) is 22.2. The molecule has 1 aromatic rings. The van der Waals surface area contributed by atoms with Crippen LogP contribution in [-0.4, -0.2) is 23.1 Å². The van der Waals surface area contributed by atoms with Crippen molar-refractivity contribution in [1.29, 1.82) is 0 Å². The second-order valence-electron chi connectivity index (χ2n) is 11.3. The van der Waals surface area contributed by atoms with E-state index < -0.39 is 5.60 Å². The molecule has 0 radical (unpaired) electrons. The minimum absolute atomic E-state index is 0.000238. The molecule has 0 amide bonds. The molecule has 6 rings (SSSR count). The highest BCUT2D eigenvalue weighted by Gasteiger charge is 2.68. The largest absolute Gasteiger partial charge is 0.456 e. The first-order valence-electron chi connectivity index (χ1n) is 12.5. The molecule has 0 spiro atoms. The summed E-state index contributed by atoms with van der Waals surface area (Å²) in [5.41, 5.74) is 1.15. The minimum Gasteiger partial charge on any atom is -0.456 e. The highest BCUT2D eigenvalue weighted by molar-refractivity contribution is 5.99. The number of allylic oxidation sites excluding steroid dienone is 2. The molecule has 0 saturated heterocycles. The summed E-state index contributed by atoms with van der Waals surface area (Å²) >= 11 is 0. The van der Waals surface area contributed by atoms with Crippen LogP contribution in [-0.2, 0) is 14.3 Å². The van der Waals surface area contributed by atoms with Gasteiger partial charge in [-0.25, -0.2) is 4.79 Å². The third-order valence-corrected chi connectivity index (χ3v) is 9.47. The molecule has 168 valence electrons. The molecule has 0 aliphatic heterocycles. The van der Waals surface area contributed by atoms with E-state index >= 15 is 0 Å². The van der Waals surface area contributed by atoms with Crippen LogP contribution in [0.2, 0.25) is 0 Å². The van der Waals surface area contributed by atoms with Crippen LogP contribution < -0.4 is 0 Å². The predicted molar refractivity (Wildman–Crippen MR) is 120 cm³/mol. The Balaban J connectivity index is 1.22. The molecule has 4 nitrogen and oxygen atoms in total. The van der Waals surface area contributed by atoms with E-state index in [2.05, 4.69) is 0 Å². The fourth-order valence-corrected chi connectivity index (χ4v) is 7.95. The predicted octanol–water partition coefficient (Wildman–Crippen LogP) is 5.12.